The minimum Gasteiger partial charge on any atom is -0.497 e. The fourth-order valence-electron chi connectivity index (χ4n) is 3.88. The first kappa shape index (κ1) is 29.0. The van der Waals surface area contributed by atoms with E-state index >= 15 is 0 Å². The summed E-state index contributed by atoms with van der Waals surface area (Å²) in [7, 11) is 3.10. The molecule has 0 spiro atoms. The maximum absolute atomic E-state index is 13.7. The minimum atomic E-state index is -0.378. The van der Waals surface area contributed by atoms with Crippen LogP contribution >= 0.6 is 11.3 Å². The predicted octanol–water partition coefficient (Wildman–Crippen LogP) is 5.56. The summed E-state index contributed by atoms with van der Waals surface area (Å²) in [6.07, 6.45) is 0.610. The fourth-order valence-corrected chi connectivity index (χ4v) is 4.80. The molecule has 0 radical (unpaired) electrons. The first-order valence-electron chi connectivity index (χ1n) is 12.6. The molecule has 0 fully saturated rings. The van der Waals surface area contributed by atoms with E-state index in [0.717, 1.165) is 16.0 Å². The largest absolute Gasteiger partial charge is 0.497 e. The second-order valence-electron chi connectivity index (χ2n) is 8.77. The van der Waals surface area contributed by atoms with Crippen molar-refractivity contribution >= 4 is 29.0 Å². The number of aryl methyl sites for hydroxylation is 1. The van der Waals surface area contributed by atoms with Crippen LogP contribution < -0.4 is 14.8 Å². The van der Waals surface area contributed by atoms with Gasteiger partial charge in [0.1, 0.15) is 18.0 Å². The monoisotopic (exact) mass is 539 g/mol. The molecule has 3 aromatic rings. The second kappa shape index (κ2) is 15.0. The minimum absolute atomic E-state index is 0.0592. The van der Waals surface area contributed by atoms with E-state index in [-0.39, 0.29) is 18.5 Å². The van der Waals surface area contributed by atoms with Gasteiger partial charge in [-0.25, -0.2) is 4.79 Å². The van der Waals surface area contributed by atoms with Crippen LogP contribution in [0.15, 0.2) is 60.0 Å². The van der Waals surface area contributed by atoms with Gasteiger partial charge in [0.05, 0.1) is 20.8 Å². The topological polar surface area (TPSA) is 80.3 Å². The van der Waals surface area contributed by atoms with Gasteiger partial charge in [0, 0.05) is 55.1 Å². The van der Waals surface area contributed by atoms with Crippen molar-refractivity contribution in [1.82, 2.24) is 9.80 Å². The molecule has 8 nitrogen and oxygen atoms in total. The van der Waals surface area contributed by atoms with Crippen LogP contribution in [0.1, 0.15) is 29.3 Å². The number of carbonyl (C=O) groups excluding carboxylic acids is 2. The van der Waals surface area contributed by atoms with Gasteiger partial charge >= 0.3 is 6.03 Å². The van der Waals surface area contributed by atoms with Gasteiger partial charge in [-0.1, -0.05) is 30.3 Å². The molecule has 204 valence electrons. The van der Waals surface area contributed by atoms with E-state index < -0.39 is 0 Å². The molecule has 1 N–H and O–H groups in total. The number of hydrogen-bond donors (Lipinski definition) is 1. The summed E-state index contributed by atoms with van der Waals surface area (Å²) in [5.41, 5.74) is 2.70. The molecule has 2 aromatic carbocycles. The number of carbonyl (C=O) groups is 2. The number of urea groups is 1. The normalized spacial score (nSPS) is 10.6. The van der Waals surface area contributed by atoms with Crippen LogP contribution in [0.2, 0.25) is 0 Å². The summed E-state index contributed by atoms with van der Waals surface area (Å²) < 4.78 is 16.1. The Kier molecular flexibility index (Phi) is 11.4. The van der Waals surface area contributed by atoms with Crippen LogP contribution in [0, 0.1) is 6.92 Å². The SMILES string of the molecule is CCOCCCN(CC(=O)N(Cc1ccccc1)Cc1sccc1C)C(=O)Nc1cc(OC)cc(OC)c1. The van der Waals surface area contributed by atoms with Crippen molar-refractivity contribution in [3.8, 4) is 11.5 Å². The lowest BCUT2D eigenvalue weighted by atomic mass is 10.2. The molecular formula is C29H37N3O5S. The highest BCUT2D eigenvalue weighted by Gasteiger charge is 2.23. The van der Waals surface area contributed by atoms with Crippen molar-refractivity contribution in [3.63, 3.8) is 0 Å². The molecule has 0 saturated heterocycles. The zero-order chi connectivity index (χ0) is 27.3. The molecule has 0 aliphatic rings. The Morgan fingerprint density at radius 3 is 2.26 bits per heavy atom. The average Bonchev–Trinajstić information content (AvgIpc) is 3.34. The number of hydrogen-bond acceptors (Lipinski definition) is 6. The molecule has 3 rings (SSSR count). The molecule has 0 aliphatic heterocycles. The summed E-state index contributed by atoms with van der Waals surface area (Å²) in [4.78, 5) is 31.5. The maximum Gasteiger partial charge on any atom is 0.322 e. The Hall–Kier alpha value is -3.56. The summed E-state index contributed by atoms with van der Waals surface area (Å²) in [6.45, 7) is 6.33. The number of methoxy groups -OCH3 is 2. The van der Waals surface area contributed by atoms with Gasteiger partial charge in [-0.3, -0.25) is 4.79 Å². The smallest absolute Gasteiger partial charge is 0.322 e. The Balaban J connectivity index is 1.79. The molecular weight excluding hydrogens is 502 g/mol. The van der Waals surface area contributed by atoms with Gasteiger partial charge < -0.3 is 29.3 Å². The second-order valence-corrected chi connectivity index (χ2v) is 9.77. The average molecular weight is 540 g/mol. The molecule has 0 aliphatic carbocycles. The van der Waals surface area contributed by atoms with Crippen molar-refractivity contribution in [2.45, 2.75) is 33.4 Å². The zero-order valence-electron chi connectivity index (χ0n) is 22.6. The van der Waals surface area contributed by atoms with Crippen LogP contribution in [-0.2, 0) is 22.6 Å². The van der Waals surface area contributed by atoms with Gasteiger partial charge in [0.25, 0.3) is 0 Å². The zero-order valence-corrected chi connectivity index (χ0v) is 23.4. The Morgan fingerprint density at radius 1 is 0.947 bits per heavy atom. The number of ether oxygens (including phenoxy) is 3. The van der Waals surface area contributed by atoms with Crippen LogP contribution in [0.5, 0.6) is 11.5 Å². The van der Waals surface area contributed by atoms with Crippen LogP contribution in [0.25, 0.3) is 0 Å². The van der Waals surface area contributed by atoms with E-state index in [0.29, 0.717) is 56.5 Å². The highest BCUT2D eigenvalue weighted by molar-refractivity contribution is 7.10. The number of anilines is 1. The summed E-state index contributed by atoms with van der Waals surface area (Å²) >= 11 is 1.63. The summed E-state index contributed by atoms with van der Waals surface area (Å²) in [6, 6.07) is 16.7. The quantitative estimate of drug-likeness (QED) is 0.271. The number of benzene rings is 2. The van der Waals surface area contributed by atoms with E-state index in [2.05, 4.69) is 11.4 Å². The van der Waals surface area contributed by atoms with Crippen molar-refractivity contribution in [2.24, 2.45) is 0 Å². The predicted molar refractivity (Wildman–Crippen MR) is 151 cm³/mol. The maximum atomic E-state index is 13.7. The number of nitrogens with one attached hydrogen (secondary N) is 1. The van der Waals surface area contributed by atoms with Gasteiger partial charge in [0.15, 0.2) is 0 Å². The Labute approximate surface area is 229 Å². The van der Waals surface area contributed by atoms with E-state index in [1.165, 1.54) is 4.90 Å². The first-order chi connectivity index (χ1) is 18.4. The summed E-state index contributed by atoms with van der Waals surface area (Å²) in [5.74, 6) is 0.981. The first-order valence-corrected chi connectivity index (χ1v) is 13.5. The lowest BCUT2D eigenvalue weighted by molar-refractivity contribution is -0.133. The van der Waals surface area contributed by atoms with Gasteiger partial charge in [-0.05, 0) is 42.8 Å². The van der Waals surface area contributed by atoms with Gasteiger partial charge in [-0.2, -0.15) is 0 Å². The highest BCUT2D eigenvalue weighted by atomic mass is 32.1. The van der Waals surface area contributed by atoms with Crippen LogP contribution in [0.3, 0.4) is 0 Å². The number of thiophene rings is 1. The lowest BCUT2D eigenvalue weighted by Crippen LogP contribution is -2.44. The van der Waals surface area contributed by atoms with Crippen molar-refractivity contribution in [1.29, 1.82) is 0 Å². The highest BCUT2D eigenvalue weighted by Crippen LogP contribution is 2.26. The third kappa shape index (κ3) is 8.78. The third-order valence-electron chi connectivity index (χ3n) is 6.01. The standard InChI is InChI=1S/C29H37N3O5S/c1-5-37-14-9-13-31(29(34)30-24-16-25(35-3)18-26(17-24)36-4)21-28(33)32(19-23-10-7-6-8-11-23)20-27-22(2)12-15-38-27/h6-8,10-12,15-18H,5,9,13-14,19-21H2,1-4H3,(H,30,34). The molecule has 9 heteroatoms. The van der Waals surface area contributed by atoms with Crippen molar-refractivity contribution in [3.05, 3.63) is 76.0 Å². The van der Waals surface area contributed by atoms with E-state index in [1.54, 1.807) is 43.8 Å². The van der Waals surface area contributed by atoms with Crippen molar-refractivity contribution < 1.29 is 23.8 Å². The number of rotatable bonds is 14. The number of nitrogens with zero attached hydrogens (tertiary/aromatic N) is 2. The van der Waals surface area contributed by atoms with Crippen LogP contribution in [0.4, 0.5) is 10.5 Å². The molecule has 0 bridgehead atoms. The Bertz CT molecular complexity index is 1150. The van der Waals surface area contributed by atoms with E-state index in [4.69, 9.17) is 14.2 Å². The number of amides is 3. The molecule has 38 heavy (non-hydrogen) atoms. The van der Waals surface area contributed by atoms with E-state index in [1.807, 2.05) is 54.5 Å². The molecule has 0 atom stereocenters. The Morgan fingerprint density at radius 2 is 1.66 bits per heavy atom. The van der Waals surface area contributed by atoms with E-state index in [9.17, 15) is 9.59 Å². The molecule has 1 heterocycles. The fraction of sp³-hybridized carbons (Fsp3) is 0.379. The molecule has 0 saturated carbocycles. The van der Waals surface area contributed by atoms with Gasteiger partial charge in [0.2, 0.25) is 5.91 Å². The molecule has 0 unspecified atom stereocenters. The third-order valence-corrected chi connectivity index (χ3v) is 7.02. The summed E-state index contributed by atoms with van der Waals surface area (Å²) in [5, 5.41) is 4.93. The molecule has 3 amide bonds. The van der Waals surface area contributed by atoms with Crippen LogP contribution in [-0.4, -0.2) is 62.3 Å². The van der Waals surface area contributed by atoms with Gasteiger partial charge in [-0.15, -0.1) is 11.3 Å². The van der Waals surface area contributed by atoms with Crippen molar-refractivity contribution in [2.75, 3.05) is 45.8 Å². The lowest BCUT2D eigenvalue weighted by Gasteiger charge is -2.28. The molecule has 1 aromatic heterocycles.